The molecule has 0 fully saturated rings. The van der Waals surface area contributed by atoms with Crippen molar-refractivity contribution in [2.75, 3.05) is 5.32 Å². The number of pyridine rings is 1. The van der Waals surface area contributed by atoms with E-state index in [1.165, 1.54) is 19.2 Å². The second kappa shape index (κ2) is 4.00. The van der Waals surface area contributed by atoms with E-state index in [9.17, 15) is 9.59 Å². The lowest BCUT2D eigenvalue weighted by molar-refractivity contribution is -0.114. The van der Waals surface area contributed by atoms with Crippen molar-refractivity contribution >= 4 is 28.4 Å². The predicted octanol–water partition coefficient (Wildman–Crippen LogP) is 1.42. The van der Waals surface area contributed by atoms with Crippen molar-refractivity contribution in [3.8, 4) is 0 Å². The van der Waals surface area contributed by atoms with Crippen LogP contribution in [0.2, 0.25) is 0 Å². The molecule has 0 bridgehead atoms. The fraction of sp³-hybridized carbons (Fsp3) is 0.125. The molecule has 0 atom stereocenters. The third-order valence-corrected chi connectivity index (χ3v) is 1.48. The van der Waals surface area contributed by atoms with Crippen LogP contribution in [0.3, 0.4) is 0 Å². The highest BCUT2D eigenvalue weighted by Crippen LogP contribution is 2.07. The van der Waals surface area contributed by atoms with Crippen LogP contribution in [-0.4, -0.2) is 16.1 Å². The number of aromatic nitrogens is 1. The van der Waals surface area contributed by atoms with E-state index in [2.05, 4.69) is 10.3 Å². The molecular weight excluding hydrogens is 192 g/mol. The monoisotopic (exact) mass is 198 g/mol. The minimum Gasteiger partial charge on any atom is -0.325 e. The van der Waals surface area contributed by atoms with Crippen LogP contribution < -0.4 is 5.32 Å². The Labute approximate surface area is 79.9 Å². The Morgan fingerprint density at radius 2 is 2.15 bits per heavy atom. The van der Waals surface area contributed by atoms with Gasteiger partial charge in [0.25, 0.3) is 5.24 Å². The first kappa shape index (κ1) is 9.67. The van der Waals surface area contributed by atoms with Crippen molar-refractivity contribution in [3.63, 3.8) is 0 Å². The molecule has 0 aliphatic heterocycles. The number of carbonyl (C=O) groups excluding carboxylic acids is 2. The lowest BCUT2D eigenvalue weighted by Gasteiger charge is -2.00. The molecule has 0 saturated carbocycles. The number of nitrogens with zero attached hydrogens (tertiary/aromatic N) is 1. The van der Waals surface area contributed by atoms with Gasteiger partial charge in [-0.15, -0.1) is 0 Å². The number of anilines is 1. The number of halogens is 1. The number of rotatable bonds is 2. The van der Waals surface area contributed by atoms with Gasteiger partial charge in [0, 0.05) is 6.92 Å². The van der Waals surface area contributed by atoms with E-state index in [0.717, 1.165) is 0 Å². The third-order valence-electron chi connectivity index (χ3n) is 1.29. The summed E-state index contributed by atoms with van der Waals surface area (Å²) in [7, 11) is 0. The lowest BCUT2D eigenvalue weighted by Crippen LogP contribution is -2.06. The molecule has 0 unspecified atom stereocenters. The van der Waals surface area contributed by atoms with Gasteiger partial charge in [0.1, 0.15) is 5.69 Å². The minimum atomic E-state index is -0.616. The van der Waals surface area contributed by atoms with Crippen LogP contribution >= 0.6 is 11.6 Å². The van der Waals surface area contributed by atoms with Crippen LogP contribution in [0.15, 0.2) is 18.3 Å². The molecule has 1 rings (SSSR count). The largest absolute Gasteiger partial charge is 0.325 e. The SMILES string of the molecule is CC(=O)Nc1ccc(C(=O)Cl)nc1. The molecule has 0 aliphatic rings. The van der Waals surface area contributed by atoms with Crippen LogP contribution in [0.25, 0.3) is 0 Å². The smallest absolute Gasteiger partial charge is 0.270 e. The van der Waals surface area contributed by atoms with Crippen molar-refractivity contribution in [1.82, 2.24) is 4.98 Å². The summed E-state index contributed by atoms with van der Waals surface area (Å²) in [4.78, 5) is 24.9. The maximum Gasteiger partial charge on any atom is 0.270 e. The molecule has 1 heterocycles. The van der Waals surface area contributed by atoms with Crippen molar-refractivity contribution in [2.24, 2.45) is 0 Å². The first-order chi connectivity index (χ1) is 6.09. The molecule has 1 N–H and O–H groups in total. The molecule has 0 aromatic carbocycles. The molecule has 0 aliphatic carbocycles. The summed E-state index contributed by atoms with van der Waals surface area (Å²) in [6.07, 6.45) is 1.37. The fourth-order valence-corrected chi connectivity index (χ4v) is 0.899. The van der Waals surface area contributed by atoms with Crippen LogP contribution in [0.5, 0.6) is 0 Å². The topological polar surface area (TPSA) is 59.1 Å². The zero-order valence-electron chi connectivity index (χ0n) is 6.87. The Kier molecular flexibility index (Phi) is 2.97. The van der Waals surface area contributed by atoms with E-state index in [0.29, 0.717) is 5.69 Å². The van der Waals surface area contributed by atoms with Crippen LogP contribution in [0, 0.1) is 0 Å². The van der Waals surface area contributed by atoms with E-state index >= 15 is 0 Å². The summed E-state index contributed by atoms with van der Waals surface area (Å²) in [5, 5.41) is 1.90. The Hall–Kier alpha value is -1.42. The molecule has 1 aromatic heterocycles. The molecule has 0 spiro atoms. The summed E-state index contributed by atoms with van der Waals surface area (Å²) < 4.78 is 0. The highest BCUT2D eigenvalue weighted by molar-refractivity contribution is 6.67. The van der Waals surface area contributed by atoms with Gasteiger partial charge in [-0.25, -0.2) is 4.98 Å². The average molecular weight is 199 g/mol. The van der Waals surface area contributed by atoms with Crippen molar-refractivity contribution in [1.29, 1.82) is 0 Å². The summed E-state index contributed by atoms with van der Waals surface area (Å²) in [5.74, 6) is -0.188. The maximum absolute atomic E-state index is 10.6. The molecule has 1 aromatic rings. The number of amides is 1. The molecule has 4 nitrogen and oxygen atoms in total. The maximum atomic E-state index is 10.6. The zero-order valence-corrected chi connectivity index (χ0v) is 7.63. The van der Waals surface area contributed by atoms with Crippen LogP contribution in [-0.2, 0) is 4.79 Å². The number of hydrogen-bond acceptors (Lipinski definition) is 3. The summed E-state index contributed by atoms with van der Waals surface area (Å²) in [6.45, 7) is 1.39. The van der Waals surface area contributed by atoms with Gasteiger partial charge in [0.05, 0.1) is 11.9 Å². The molecule has 0 saturated heterocycles. The molecular formula is C8H7ClN2O2. The summed E-state index contributed by atoms with van der Waals surface area (Å²) in [5.41, 5.74) is 0.699. The van der Waals surface area contributed by atoms with Gasteiger partial charge < -0.3 is 5.32 Å². The third kappa shape index (κ3) is 2.83. The summed E-state index contributed by atoms with van der Waals surface area (Å²) >= 11 is 5.17. The average Bonchev–Trinajstić information content (AvgIpc) is 2.04. The highest BCUT2D eigenvalue weighted by Gasteiger charge is 2.02. The van der Waals surface area contributed by atoms with E-state index in [4.69, 9.17) is 11.6 Å². The van der Waals surface area contributed by atoms with Gasteiger partial charge in [0.15, 0.2) is 0 Å². The van der Waals surface area contributed by atoms with E-state index in [1.807, 2.05) is 0 Å². The quantitative estimate of drug-likeness (QED) is 0.732. The van der Waals surface area contributed by atoms with Gasteiger partial charge in [-0.2, -0.15) is 0 Å². The molecule has 68 valence electrons. The first-order valence-corrected chi connectivity index (χ1v) is 3.91. The van der Waals surface area contributed by atoms with E-state index in [-0.39, 0.29) is 11.6 Å². The van der Waals surface area contributed by atoms with Crippen molar-refractivity contribution in [2.45, 2.75) is 6.92 Å². The normalized spacial score (nSPS) is 9.38. The Morgan fingerprint density at radius 3 is 2.54 bits per heavy atom. The summed E-state index contributed by atoms with van der Waals surface area (Å²) in [6, 6.07) is 3.00. The lowest BCUT2D eigenvalue weighted by atomic mass is 10.3. The second-order valence-corrected chi connectivity index (χ2v) is 2.73. The van der Waals surface area contributed by atoms with Crippen molar-refractivity contribution in [3.05, 3.63) is 24.0 Å². The van der Waals surface area contributed by atoms with Gasteiger partial charge >= 0.3 is 0 Å². The first-order valence-electron chi connectivity index (χ1n) is 3.53. The van der Waals surface area contributed by atoms with E-state index in [1.54, 1.807) is 6.07 Å². The fourth-order valence-electron chi connectivity index (χ4n) is 0.787. The number of carbonyl (C=O) groups is 2. The standard InChI is InChI=1S/C8H7ClN2O2/c1-5(12)11-6-2-3-7(8(9)13)10-4-6/h2-4H,1H3,(H,11,12). The molecule has 13 heavy (non-hydrogen) atoms. The Bertz CT molecular complexity index is 335. The van der Waals surface area contributed by atoms with Crippen LogP contribution in [0.4, 0.5) is 5.69 Å². The minimum absolute atomic E-state index is 0.163. The molecule has 0 radical (unpaired) electrons. The van der Waals surface area contributed by atoms with Gasteiger partial charge in [0.2, 0.25) is 5.91 Å². The van der Waals surface area contributed by atoms with Gasteiger partial charge in [-0.05, 0) is 23.7 Å². The zero-order chi connectivity index (χ0) is 9.84. The predicted molar refractivity (Wildman–Crippen MR) is 48.7 cm³/mol. The van der Waals surface area contributed by atoms with Crippen LogP contribution in [0.1, 0.15) is 17.4 Å². The number of nitrogens with one attached hydrogen (secondary N) is 1. The molecule has 1 amide bonds. The Morgan fingerprint density at radius 1 is 1.46 bits per heavy atom. The Balaban J connectivity index is 2.81. The second-order valence-electron chi connectivity index (χ2n) is 2.39. The van der Waals surface area contributed by atoms with Gasteiger partial charge in [-0.1, -0.05) is 0 Å². The molecule has 5 heteroatoms. The van der Waals surface area contributed by atoms with E-state index < -0.39 is 5.24 Å². The number of hydrogen-bond donors (Lipinski definition) is 1. The van der Waals surface area contributed by atoms with Gasteiger partial charge in [-0.3, -0.25) is 9.59 Å². The highest BCUT2D eigenvalue weighted by atomic mass is 35.5. The van der Waals surface area contributed by atoms with Crippen molar-refractivity contribution < 1.29 is 9.59 Å².